The minimum atomic E-state index is -0.227. The summed E-state index contributed by atoms with van der Waals surface area (Å²) in [5.74, 6) is 0.549. The number of aryl methyl sites for hydroxylation is 1. The van der Waals surface area contributed by atoms with E-state index in [0.29, 0.717) is 18.7 Å². The molecule has 6 heteroatoms. The summed E-state index contributed by atoms with van der Waals surface area (Å²) in [7, 11) is 0. The number of rotatable bonds is 8. The Balaban J connectivity index is 1.50. The van der Waals surface area contributed by atoms with Crippen LogP contribution < -0.4 is 5.32 Å². The van der Waals surface area contributed by atoms with E-state index in [4.69, 9.17) is 0 Å². The lowest BCUT2D eigenvalue weighted by atomic mass is 10.1. The molecule has 0 atom stereocenters. The number of hydrogen-bond acceptors (Lipinski definition) is 3. The quantitative estimate of drug-likeness (QED) is 0.446. The third kappa shape index (κ3) is 5.23. The maximum atomic E-state index is 12.9. The van der Waals surface area contributed by atoms with Gasteiger partial charge in [0.25, 0.3) is 5.91 Å². The Kier molecular flexibility index (Phi) is 6.87. The molecule has 0 spiro atoms. The van der Waals surface area contributed by atoms with Crippen molar-refractivity contribution < 1.29 is 9.18 Å². The number of thioether (sulfide) groups is 1. The van der Waals surface area contributed by atoms with Crippen molar-refractivity contribution >= 4 is 17.7 Å². The fraction of sp³-hybridized carbons (Fsp3) is 0.273. The van der Waals surface area contributed by atoms with Gasteiger partial charge >= 0.3 is 0 Å². The van der Waals surface area contributed by atoms with Gasteiger partial charge in [-0.05, 0) is 55.9 Å². The molecule has 4 nitrogen and oxygen atoms in total. The molecule has 3 aromatic rings. The van der Waals surface area contributed by atoms with Gasteiger partial charge in [0.15, 0.2) is 0 Å². The standard InChI is InChI=1S/C22H24FN3OS/c1-16-21(17(2)26(25-16)15-18-7-4-3-5-8-18)22(27)24-13-6-14-28-20-11-9-19(23)10-12-20/h3-5,7-12H,6,13-15H2,1-2H3,(H,24,27). The molecule has 0 bridgehead atoms. The van der Waals surface area contributed by atoms with E-state index >= 15 is 0 Å². The average Bonchev–Trinajstić information content (AvgIpc) is 2.97. The topological polar surface area (TPSA) is 46.9 Å². The zero-order valence-electron chi connectivity index (χ0n) is 16.1. The molecule has 1 amide bonds. The Labute approximate surface area is 169 Å². The first-order chi connectivity index (χ1) is 13.5. The van der Waals surface area contributed by atoms with Crippen LogP contribution >= 0.6 is 11.8 Å². The van der Waals surface area contributed by atoms with Crippen LogP contribution in [0.5, 0.6) is 0 Å². The summed E-state index contributed by atoms with van der Waals surface area (Å²) in [5.41, 5.74) is 3.42. The van der Waals surface area contributed by atoms with Gasteiger partial charge < -0.3 is 5.32 Å². The summed E-state index contributed by atoms with van der Waals surface area (Å²) in [4.78, 5) is 13.6. The molecule has 146 valence electrons. The fourth-order valence-electron chi connectivity index (χ4n) is 3.02. The van der Waals surface area contributed by atoms with E-state index in [1.54, 1.807) is 23.9 Å². The lowest BCUT2D eigenvalue weighted by Crippen LogP contribution is -2.26. The molecule has 1 heterocycles. The minimum absolute atomic E-state index is 0.0823. The molecular formula is C22H24FN3OS. The minimum Gasteiger partial charge on any atom is -0.352 e. The second-order valence-electron chi connectivity index (χ2n) is 6.60. The highest BCUT2D eigenvalue weighted by Gasteiger charge is 2.18. The number of hydrogen-bond donors (Lipinski definition) is 1. The summed E-state index contributed by atoms with van der Waals surface area (Å²) in [5, 5.41) is 7.53. The van der Waals surface area contributed by atoms with Crippen molar-refractivity contribution in [2.45, 2.75) is 31.7 Å². The largest absolute Gasteiger partial charge is 0.352 e. The molecule has 1 aromatic heterocycles. The second kappa shape index (κ2) is 9.55. The van der Waals surface area contributed by atoms with Crippen molar-refractivity contribution in [3.05, 3.63) is 82.9 Å². The Morgan fingerprint density at radius 2 is 1.82 bits per heavy atom. The maximum Gasteiger partial charge on any atom is 0.255 e. The molecule has 0 saturated carbocycles. The smallest absolute Gasteiger partial charge is 0.255 e. The third-order valence-corrected chi connectivity index (χ3v) is 5.57. The number of carbonyl (C=O) groups is 1. The van der Waals surface area contributed by atoms with Gasteiger partial charge in [0.05, 0.1) is 17.8 Å². The van der Waals surface area contributed by atoms with Crippen LogP contribution in [0.25, 0.3) is 0 Å². The second-order valence-corrected chi connectivity index (χ2v) is 7.77. The highest BCUT2D eigenvalue weighted by atomic mass is 32.2. The number of nitrogens with one attached hydrogen (secondary N) is 1. The number of carbonyl (C=O) groups excluding carboxylic acids is 1. The predicted molar refractivity (Wildman–Crippen MR) is 111 cm³/mol. The fourth-order valence-corrected chi connectivity index (χ4v) is 3.87. The van der Waals surface area contributed by atoms with Gasteiger partial charge in [-0.1, -0.05) is 30.3 Å². The zero-order valence-corrected chi connectivity index (χ0v) is 16.9. The monoisotopic (exact) mass is 397 g/mol. The molecule has 0 fully saturated rings. The number of aromatic nitrogens is 2. The molecule has 0 aliphatic rings. The number of amides is 1. The molecule has 0 saturated heterocycles. The van der Waals surface area contributed by atoms with Crippen LogP contribution in [-0.4, -0.2) is 28.0 Å². The highest BCUT2D eigenvalue weighted by molar-refractivity contribution is 7.99. The molecular weight excluding hydrogens is 373 g/mol. The van der Waals surface area contributed by atoms with Crippen molar-refractivity contribution in [1.29, 1.82) is 0 Å². The van der Waals surface area contributed by atoms with Crippen LogP contribution in [-0.2, 0) is 6.54 Å². The Hall–Kier alpha value is -2.60. The van der Waals surface area contributed by atoms with Gasteiger partial charge in [0.2, 0.25) is 0 Å². The van der Waals surface area contributed by atoms with Gasteiger partial charge in [-0.3, -0.25) is 9.48 Å². The molecule has 0 aliphatic heterocycles. The Bertz CT molecular complexity index is 923. The molecule has 0 aliphatic carbocycles. The predicted octanol–water partition coefficient (Wildman–Crippen LogP) is 4.60. The van der Waals surface area contributed by atoms with E-state index in [1.807, 2.05) is 36.7 Å². The third-order valence-electron chi connectivity index (χ3n) is 4.47. The van der Waals surface area contributed by atoms with E-state index in [-0.39, 0.29) is 11.7 Å². The first-order valence-electron chi connectivity index (χ1n) is 9.29. The van der Waals surface area contributed by atoms with Crippen molar-refractivity contribution in [2.24, 2.45) is 0 Å². The molecule has 1 N–H and O–H groups in total. The lowest BCUT2D eigenvalue weighted by molar-refractivity contribution is 0.0952. The number of halogens is 1. The van der Waals surface area contributed by atoms with Crippen LogP contribution in [0.4, 0.5) is 4.39 Å². The van der Waals surface area contributed by atoms with Crippen molar-refractivity contribution in [1.82, 2.24) is 15.1 Å². The molecule has 2 aromatic carbocycles. The van der Waals surface area contributed by atoms with Gasteiger partial charge in [0.1, 0.15) is 5.82 Å². The van der Waals surface area contributed by atoms with Gasteiger partial charge in [-0.15, -0.1) is 11.8 Å². The van der Waals surface area contributed by atoms with Crippen LogP contribution in [0.1, 0.15) is 33.7 Å². The molecule has 0 radical (unpaired) electrons. The Morgan fingerprint density at radius 3 is 2.54 bits per heavy atom. The van der Waals surface area contributed by atoms with E-state index in [2.05, 4.69) is 22.5 Å². The molecule has 3 rings (SSSR count). The van der Waals surface area contributed by atoms with Crippen molar-refractivity contribution in [3.8, 4) is 0 Å². The van der Waals surface area contributed by atoms with E-state index in [0.717, 1.165) is 34.0 Å². The van der Waals surface area contributed by atoms with E-state index < -0.39 is 0 Å². The Morgan fingerprint density at radius 1 is 1.11 bits per heavy atom. The summed E-state index contributed by atoms with van der Waals surface area (Å²) in [6.45, 7) is 5.04. The summed E-state index contributed by atoms with van der Waals surface area (Å²) < 4.78 is 14.8. The van der Waals surface area contributed by atoms with Gasteiger partial charge in [-0.25, -0.2) is 4.39 Å². The van der Waals surface area contributed by atoms with Gasteiger partial charge in [0, 0.05) is 17.1 Å². The first kappa shape index (κ1) is 20.1. The molecule has 0 unspecified atom stereocenters. The van der Waals surface area contributed by atoms with Crippen molar-refractivity contribution in [2.75, 3.05) is 12.3 Å². The van der Waals surface area contributed by atoms with Crippen molar-refractivity contribution in [3.63, 3.8) is 0 Å². The van der Waals surface area contributed by atoms with E-state index in [9.17, 15) is 9.18 Å². The summed E-state index contributed by atoms with van der Waals surface area (Å²) in [6.07, 6.45) is 0.837. The highest BCUT2D eigenvalue weighted by Crippen LogP contribution is 2.19. The number of benzene rings is 2. The van der Waals surface area contributed by atoms with Crippen LogP contribution in [0.2, 0.25) is 0 Å². The zero-order chi connectivity index (χ0) is 19.9. The van der Waals surface area contributed by atoms with Crippen LogP contribution in [0, 0.1) is 19.7 Å². The number of nitrogens with zero attached hydrogens (tertiary/aromatic N) is 2. The normalized spacial score (nSPS) is 10.8. The van der Waals surface area contributed by atoms with E-state index in [1.165, 1.54) is 12.1 Å². The first-order valence-corrected chi connectivity index (χ1v) is 10.3. The van der Waals surface area contributed by atoms with Crippen LogP contribution in [0.15, 0.2) is 59.5 Å². The lowest BCUT2D eigenvalue weighted by Gasteiger charge is -2.07. The summed E-state index contributed by atoms with van der Waals surface area (Å²) >= 11 is 1.65. The summed E-state index contributed by atoms with van der Waals surface area (Å²) in [6, 6.07) is 16.5. The van der Waals surface area contributed by atoms with Gasteiger partial charge in [-0.2, -0.15) is 5.10 Å². The molecule has 28 heavy (non-hydrogen) atoms. The average molecular weight is 398 g/mol. The SMILES string of the molecule is Cc1nn(Cc2ccccc2)c(C)c1C(=O)NCCCSc1ccc(F)cc1. The maximum absolute atomic E-state index is 12.9. The van der Waals surface area contributed by atoms with Crippen LogP contribution in [0.3, 0.4) is 0 Å².